The molecule has 1 aromatic carbocycles. The van der Waals surface area contributed by atoms with E-state index in [1.165, 1.54) is 4.90 Å². The van der Waals surface area contributed by atoms with E-state index < -0.39 is 5.97 Å². The fourth-order valence-electron chi connectivity index (χ4n) is 3.00. The molecule has 2 fully saturated rings. The smallest absolute Gasteiger partial charge is 0.307 e. The fourth-order valence-corrected chi connectivity index (χ4v) is 4.28. The minimum Gasteiger partial charge on any atom is -0.481 e. The van der Waals surface area contributed by atoms with Crippen molar-refractivity contribution in [3.8, 4) is 0 Å². The molecule has 0 saturated carbocycles. The second-order valence-electron chi connectivity index (χ2n) is 5.78. The summed E-state index contributed by atoms with van der Waals surface area (Å²) in [6, 6.07) is 7.86. The number of carboxylic acids is 1. The molecule has 0 aromatic heterocycles. The molecule has 0 radical (unpaired) electrons. The van der Waals surface area contributed by atoms with Crippen LogP contribution >= 0.6 is 11.8 Å². The third kappa shape index (κ3) is 3.78. The molecular formula is C16H20O4S. The van der Waals surface area contributed by atoms with Gasteiger partial charge in [0.15, 0.2) is 0 Å². The van der Waals surface area contributed by atoms with E-state index in [9.17, 15) is 4.79 Å². The van der Waals surface area contributed by atoms with Gasteiger partial charge in [0.2, 0.25) is 0 Å². The predicted octanol–water partition coefficient (Wildman–Crippen LogP) is 2.74. The molecule has 2 saturated heterocycles. The molecule has 114 valence electrons. The van der Waals surface area contributed by atoms with Crippen LogP contribution in [-0.4, -0.2) is 41.7 Å². The van der Waals surface area contributed by atoms with Crippen molar-refractivity contribution in [1.29, 1.82) is 0 Å². The van der Waals surface area contributed by atoms with Gasteiger partial charge in [-0.05, 0) is 30.5 Å². The average molecular weight is 308 g/mol. The van der Waals surface area contributed by atoms with Crippen LogP contribution in [0.3, 0.4) is 0 Å². The van der Waals surface area contributed by atoms with Crippen LogP contribution in [0.4, 0.5) is 0 Å². The predicted molar refractivity (Wildman–Crippen MR) is 80.8 cm³/mol. The zero-order chi connectivity index (χ0) is 14.7. The SMILES string of the molecule is O=C(O)Cc1ccc(SC2CCOC3(CCOC3)C2)cc1. The first-order chi connectivity index (χ1) is 10.2. The zero-order valence-electron chi connectivity index (χ0n) is 11.9. The van der Waals surface area contributed by atoms with Gasteiger partial charge in [-0.15, -0.1) is 11.8 Å². The molecule has 5 heteroatoms. The number of carboxylic acid groups (broad SMARTS) is 1. The normalized spacial score (nSPS) is 28.9. The Morgan fingerprint density at radius 3 is 2.81 bits per heavy atom. The van der Waals surface area contributed by atoms with E-state index in [-0.39, 0.29) is 12.0 Å². The maximum Gasteiger partial charge on any atom is 0.307 e. The summed E-state index contributed by atoms with van der Waals surface area (Å²) >= 11 is 1.87. The molecule has 1 spiro atoms. The second-order valence-corrected chi connectivity index (χ2v) is 7.15. The number of ether oxygens (including phenoxy) is 2. The van der Waals surface area contributed by atoms with Crippen molar-refractivity contribution in [2.45, 2.75) is 41.4 Å². The van der Waals surface area contributed by atoms with Gasteiger partial charge in [-0.2, -0.15) is 0 Å². The number of benzene rings is 1. The summed E-state index contributed by atoms with van der Waals surface area (Å²) in [6.07, 6.45) is 3.18. The molecule has 3 rings (SSSR count). The lowest BCUT2D eigenvalue weighted by atomic mass is 9.93. The topological polar surface area (TPSA) is 55.8 Å². The Hall–Kier alpha value is -1.04. The summed E-state index contributed by atoms with van der Waals surface area (Å²) in [5, 5.41) is 9.33. The summed E-state index contributed by atoms with van der Waals surface area (Å²) in [6.45, 7) is 2.33. The molecule has 21 heavy (non-hydrogen) atoms. The fraction of sp³-hybridized carbons (Fsp3) is 0.562. The number of hydrogen-bond acceptors (Lipinski definition) is 4. The average Bonchev–Trinajstić information content (AvgIpc) is 2.88. The van der Waals surface area contributed by atoms with Crippen LogP contribution in [0.2, 0.25) is 0 Å². The molecular weight excluding hydrogens is 288 g/mol. The Kier molecular flexibility index (Phi) is 4.52. The van der Waals surface area contributed by atoms with Crippen molar-refractivity contribution in [2.24, 2.45) is 0 Å². The Labute approximate surface area is 128 Å². The number of hydrogen-bond donors (Lipinski definition) is 1. The Balaban J connectivity index is 1.59. The van der Waals surface area contributed by atoms with E-state index in [4.69, 9.17) is 14.6 Å². The third-order valence-electron chi connectivity index (χ3n) is 4.10. The Morgan fingerprint density at radius 1 is 1.33 bits per heavy atom. The van der Waals surface area contributed by atoms with Crippen LogP contribution in [0.5, 0.6) is 0 Å². The van der Waals surface area contributed by atoms with Gasteiger partial charge in [-0.3, -0.25) is 4.79 Å². The quantitative estimate of drug-likeness (QED) is 0.927. The highest BCUT2D eigenvalue weighted by Crippen LogP contribution is 2.39. The Morgan fingerprint density at radius 2 is 2.14 bits per heavy atom. The largest absolute Gasteiger partial charge is 0.481 e. The highest BCUT2D eigenvalue weighted by Gasteiger charge is 2.41. The lowest BCUT2D eigenvalue weighted by Crippen LogP contribution is -2.41. The van der Waals surface area contributed by atoms with Crippen LogP contribution in [0.25, 0.3) is 0 Å². The van der Waals surface area contributed by atoms with Crippen molar-refractivity contribution in [3.63, 3.8) is 0 Å². The molecule has 2 unspecified atom stereocenters. The van der Waals surface area contributed by atoms with Gasteiger partial charge in [0, 0.05) is 29.8 Å². The molecule has 2 atom stereocenters. The van der Waals surface area contributed by atoms with Gasteiger partial charge in [0.25, 0.3) is 0 Å². The van der Waals surface area contributed by atoms with E-state index in [2.05, 4.69) is 0 Å². The van der Waals surface area contributed by atoms with Crippen LogP contribution in [0, 0.1) is 0 Å². The first-order valence-corrected chi connectivity index (χ1v) is 8.22. The van der Waals surface area contributed by atoms with E-state index in [1.54, 1.807) is 0 Å². The maximum atomic E-state index is 10.7. The molecule has 0 amide bonds. The summed E-state index contributed by atoms with van der Waals surface area (Å²) in [4.78, 5) is 11.9. The number of rotatable bonds is 4. The van der Waals surface area contributed by atoms with Gasteiger partial charge in [-0.1, -0.05) is 12.1 Å². The van der Waals surface area contributed by atoms with Crippen molar-refractivity contribution in [1.82, 2.24) is 0 Å². The second kappa shape index (κ2) is 6.38. The third-order valence-corrected chi connectivity index (χ3v) is 5.38. The monoisotopic (exact) mass is 308 g/mol. The van der Waals surface area contributed by atoms with Gasteiger partial charge < -0.3 is 14.6 Å². The minimum atomic E-state index is -0.789. The van der Waals surface area contributed by atoms with Gasteiger partial charge in [0.05, 0.1) is 18.6 Å². The highest BCUT2D eigenvalue weighted by atomic mass is 32.2. The zero-order valence-corrected chi connectivity index (χ0v) is 12.7. The molecule has 0 aliphatic carbocycles. The number of aliphatic carboxylic acids is 1. The standard InChI is InChI=1S/C16H20O4S/c17-15(18)9-12-1-3-13(4-2-12)21-14-5-7-20-16(10-14)6-8-19-11-16/h1-4,14H,5-11H2,(H,17,18). The molecule has 1 aromatic rings. The summed E-state index contributed by atoms with van der Waals surface area (Å²) in [5.41, 5.74) is 0.790. The minimum absolute atomic E-state index is 0.0564. The molecule has 0 bridgehead atoms. The summed E-state index contributed by atoms with van der Waals surface area (Å²) < 4.78 is 11.5. The van der Waals surface area contributed by atoms with Crippen LogP contribution in [0.15, 0.2) is 29.2 Å². The van der Waals surface area contributed by atoms with E-state index >= 15 is 0 Å². The van der Waals surface area contributed by atoms with Gasteiger partial charge >= 0.3 is 5.97 Å². The highest BCUT2D eigenvalue weighted by molar-refractivity contribution is 8.00. The molecule has 4 nitrogen and oxygen atoms in total. The number of carbonyl (C=O) groups is 1. The molecule has 2 heterocycles. The van der Waals surface area contributed by atoms with E-state index in [1.807, 2.05) is 36.0 Å². The summed E-state index contributed by atoms with van der Waals surface area (Å²) in [7, 11) is 0. The van der Waals surface area contributed by atoms with Crippen LogP contribution < -0.4 is 0 Å². The Bertz CT molecular complexity index is 494. The van der Waals surface area contributed by atoms with Crippen molar-refractivity contribution in [3.05, 3.63) is 29.8 Å². The van der Waals surface area contributed by atoms with E-state index in [0.717, 1.165) is 44.6 Å². The van der Waals surface area contributed by atoms with Crippen molar-refractivity contribution >= 4 is 17.7 Å². The molecule has 1 N–H and O–H groups in total. The van der Waals surface area contributed by atoms with Gasteiger partial charge in [0.1, 0.15) is 0 Å². The molecule has 2 aliphatic rings. The lowest BCUT2D eigenvalue weighted by Gasteiger charge is -2.36. The summed E-state index contributed by atoms with van der Waals surface area (Å²) in [5.74, 6) is -0.789. The van der Waals surface area contributed by atoms with Crippen molar-refractivity contribution in [2.75, 3.05) is 19.8 Å². The van der Waals surface area contributed by atoms with Crippen LogP contribution in [0.1, 0.15) is 24.8 Å². The maximum absolute atomic E-state index is 10.7. The molecule has 2 aliphatic heterocycles. The number of thioether (sulfide) groups is 1. The first-order valence-electron chi connectivity index (χ1n) is 7.34. The van der Waals surface area contributed by atoms with Crippen LogP contribution in [-0.2, 0) is 20.7 Å². The van der Waals surface area contributed by atoms with E-state index in [0.29, 0.717) is 5.25 Å². The lowest BCUT2D eigenvalue weighted by molar-refractivity contribution is -0.136. The van der Waals surface area contributed by atoms with Crippen molar-refractivity contribution < 1.29 is 19.4 Å². The first kappa shape index (κ1) is 14.9. The van der Waals surface area contributed by atoms with Gasteiger partial charge in [-0.25, -0.2) is 0 Å².